The predicted molar refractivity (Wildman–Crippen MR) is 94.3 cm³/mol. The van der Waals surface area contributed by atoms with Gasteiger partial charge in [-0.3, -0.25) is 4.79 Å². The Morgan fingerprint density at radius 2 is 1.78 bits per heavy atom. The maximum Gasteiger partial charge on any atom is 0.243 e. The number of piperazine rings is 1. The minimum Gasteiger partial charge on any atom is -0.340 e. The smallest absolute Gasteiger partial charge is 0.243 e. The quantitative estimate of drug-likeness (QED) is 0.808. The summed E-state index contributed by atoms with van der Waals surface area (Å²) in [5.41, 5.74) is 2.05. The van der Waals surface area contributed by atoms with Crippen LogP contribution in [-0.4, -0.2) is 61.7 Å². The third-order valence-corrected chi connectivity index (χ3v) is 6.73. The summed E-state index contributed by atoms with van der Waals surface area (Å²) in [6.45, 7) is 5.54. The number of hydrogen-bond donors (Lipinski definition) is 0. The molecule has 1 aromatic rings. The zero-order valence-electron chi connectivity index (χ0n) is 13.9. The minimum absolute atomic E-state index is 0.113. The van der Waals surface area contributed by atoms with Gasteiger partial charge in [0.2, 0.25) is 15.9 Å². The fraction of sp³-hybridized carbons (Fsp3) is 0.562. The van der Waals surface area contributed by atoms with Crippen molar-refractivity contribution in [3.05, 3.63) is 29.3 Å². The van der Waals surface area contributed by atoms with Crippen LogP contribution in [0.25, 0.3) is 0 Å². The van der Waals surface area contributed by atoms with Gasteiger partial charge in [-0.05, 0) is 43.4 Å². The first-order chi connectivity index (χ1) is 10.9. The van der Waals surface area contributed by atoms with E-state index in [1.165, 1.54) is 4.31 Å². The third-order valence-electron chi connectivity index (χ3n) is 4.23. The van der Waals surface area contributed by atoms with Crippen molar-refractivity contribution in [3.8, 4) is 0 Å². The molecule has 0 atom stereocenters. The van der Waals surface area contributed by atoms with E-state index < -0.39 is 10.0 Å². The van der Waals surface area contributed by atoms with Gasteiger partial charge in [0, 0.05) is 38.4 Å². The lowest BCUT2D eigenvalue weighted by Crippen LogP contribution is -2.50. The summed E-state index contributed by atoms with van der Waals surface area (Å²) in [7, 11) is -3.48. The SMILES string of the molecule is CSCCC(=O)N1CCN(S(=O)(=O)c2ccc(C)c(C)c2)CC1. The molecule has 1 saturated heterocycles. The normalized spacial score (nSPS) is 16.6. The molecule has 1 aromatic carbocycles. The van der Waals surface area contributed by atoms with Gasteiger partial charge in [-0.2, -0.15) is 16.1 Å². The van der Waals surface area contributed by atoms with Gasteiger partial charge in [0.15, 0.2) is 0 Å². The van der Waals surface area contributed by atoms with Gasteiger partial charge in [0.05, 0.1) is 4.90 Å². The van der Waals surface area contributed by atoms with Gasteiger partial charge in [-0.25, -0.2) is 8.42 Å². The number of amides is 1. The van der Waals surface area contributed by atoms with Gasteiger partial charge < -0.3 is 4.90 Å². The number of nitrogens with zero attached hydrogens (tertiary/aromatic N) is 2. The molecule has 0 N–H and O–H groups in total. The average Bonchev–Trinajstić information content (AvgIpc) is 2.55. The molecule has 1 heterocycles. The van der Waals surface area contributed by atoms with Crippen molar-refractivity contribution in [1.29, 1.82) is 0 Å². The second kappa shape index (κ2) is 7.68. The zero-order chi connectivity index (χ0) is 17.0. The van der Waals surface area contributed by atoms with E-state index in [9.17, 15) is 13.2 Å². The van der Waals surface area contributed by atoms with Crippen LogP contribution < -0.4 is 0 Å². The number of rotatable bonds is 5. The summed E-state index contributed by atoms with van der Waals surface area (Å²) >= 11 is 1.64. The minimum atomic E-state index is -3.48. The summed E-state index contributed by atoms with van der Waals surface area (Å²) in [5, 5.41) is 0. The fourth-order valence-electron chi connectivity index (χ4n) is 2.55. The number of benzene rings is 1. The third kappa shape index (κ3) is 4.28. The highest BCUT2D eigenvalue weighted by atomic mass is 32.2. The first kappa shape index (κ1) is 18.3. The van der Waals surface area contributed by atoms with Crippen LogP contribution >= 0.6 is 11.8 Å². The molecule has 2 rings (SSSR count). The molecule has 0 bridgehead atoms. The second-order valence-corrected chi connectivity index (χ2v) is 8.70. The molecule has 1 amide bonds. The molecule has 128 valence electrons. The van der Waals surface area contributed by atoms with Crippen molar-refractivity contribution < 1.29 is 13.2 Å². The van der Waals surface area contributed by atoms with Crippen LogP contribution in [0, 0.1) is 13.8 Å². The van der Waals surface area contributed by atoms with Crippen LogP contribution in [0.1, 0.15) is 17.5 Å². The number of hydrogen-bond acceptors (Lipinski definition) is 4. The number of thioether (sulfide) groups is 1. The lowest BCUT2D eigenvalue weighted by molar-refractivity contribution is -0.131. The summed E-state index contributed by atoms with van der Waals surface area (Å²) in [5.74, 6) is 0.919. The van der Waals surface area contributed by atoms with E-state index in [0.717, 1.165) is 16.9 Å². The summed E-state index contributed by atoms with van der Waals surface area (Å²) in [6.07, 6.45) is 2.49. The second-order valence-electron chi connectivity index (χ2n) is 5.77. The molecule has 0 aromatic heterocycles. The first-order valence-electron chi connectivity index (χ1n) is 7.70. The van der Waals surface area contributed by atoms with Crippen LogP contribution in [-0.2, 0) is 14.8 Å². The highest BCUT2D eigenvalue weighted by molar-refractivity contribution is 7.98. The molecular formula is C16H24N2O3S2. The van der Waals surface area contributed by atoms with Crippen LogP contribution in [0.3, 0.4) is 0 Å². The molecule has 23 heavy (non-hydrogen) atoms. The van der Waals surface area contributed by atoms with Crippen molar-refractivity contribution in [3.63, 3.8) is 0 Å². The van der Waals surface area contributed by atoms with E-state index in [-0.39, 0.29) is 5.91 Å². The largest absolute Gasteiger partial charge is 0.340 e. The van der Waals surface area contributed by atoms with Crippen molar-refractivity contribution in [1.82, 2.24) is 9.21 Å². The average molecular weight is 357 g/mol. The molecule has 0 spiro atoms. The van der Waals surface area contributed by atoms with E-state index in [4.69, 9.17) is 0 Å². The molecule has 0 aliphatic carbocycles. The van der Waals surface area contributed by atoms with Gasteiger partial charge >= 0.3 is 0 Å². The Balaban J connectivity index is 2.03. The maximum atomic E-state index is 12.7. The fourth-order valence-corrected chi connectivity index (χ4v) is 4.44. The highest BCUT2D eigenvalue weighted by Crippen LogP contribution is 2.20. The maximum absolute atomic E-state index is 12.7. The molecule has 1 aliphatic heterocycles. The monoisotopic (exact) mass is 356 g/mol. The molecule has 0 unspecified atom stereocenters. The number of aryl methyl sites for hydroxylation is 2. The molecule has 1 fully saturated rings. The number of carbonyl (C=O) groups excluding carboxylic acids is 1. The van der Waals surface area contributed by atoms with E-state index in [2.05, 4.69) is 0 Å². The Morgan fingerprint density at radius 3 is 2.35 bits per heavy atom. The molecule has 7 heteroatoms. The standard InChI is InChI=1S/C16H24N2O3S2/c1-13-4-5-15(12-14(13)2)23(20,21)18-9-7-17(8-10-18)16(19)6-11-22-3/h4-5,12H,6-11H2,1-3H3. The molecule has 0 saturated carbocycles. The van der Waals surface area contributed by atoms with Gasteiger partial charge in [-0.15, -0.1) is 0 Å². The van der Waals surface area contributed by atoms with Crippen molar-refractivity contribution in [2.24, 2.45) is 0 Å². The van der Waals surface area contributed by atoms with Crippen LogP contribution in [0.4, 0.5) is 0 Å². The number of carbonyl (C=O) groups is 1. The van der Waals surface area contributed by atoms with Crippen LogP contribution in [0.15, 0.2) is 23.1 Å². The lowest BCUT2D eigenvalue weighted by Gasteiger charge is -2.34. The Bertz CT molecular complexity index is 666. The van der Waals surface area contributed by atoms with Gasteiger partial charge in [0.1, 0.15) is 0 Å². The highest BCUT2D eigenvalue weighted by Gasteiger charge is 2.30. The summed E-state index contributed by atoms with van der Waals surface area (Å²) in [4.78, 5) is 14.1. The Labute approximate surface area is 143 Å². The summed E-state index contributed by atoms with van der Waals surface area (Å²) in [6, 6.07) is 5.22. The zero-order valence-corrected chi connectivity index (χ0v) is 15.5. The van der Waals surface area contributed by atoms with Gasteiger partial charge in [0.25, 0.3) is 0 Å². The van der Waals surface area contributed by atoms with Crippen LogP contribution in [0.2, 0.25) is 0 Å². The Kier molecular flexibility index (Phi) is 6.11. The topological polar surface area (TPSA) is 57.7 Å². The van der Waals surface area contributed by atoms with Crippen LogP contribution in [0.5, 0.6) is 0 Å². The van der Waals surface area contributed by atoms with E-state index >= 15 is 0 Å². The van der Waals surface area contributed by atoms with E-state index in [0.29, 0.717) is 37.5 Å². The molecular weight excluding hydrogens is 332 g/mol. The molecule has 1 aliphatic rings. The van der Waals surface area contributed by atoms with E-state index in [1.807, 2.05) is 26.2 Å². The van der Waals surface area contributed by atoms with E-state index in [1.54, 1.807) is 28.8 Å². The molecule has 5 nitrogen and oxygen atoms in total. The lowest BCUT2D eigenvalue weighted by atomic mass is 10.1. The van der Waals surface area contributed by atoms with Crippen molar-refractivity contribution in [2.45, 2.75) is 25.2 Å². The molecule has 0 radical (unpaired) electrons. The Morgan fingerprint density at radius 1 is 1.13 bits per heavy atom. The van der Waals surface area contributed by atoms with Crippen molar-refractivity contribution in [2.75, 3.05) is 38.2 Å². The predicted octanol–water partition coefficient (Wildman–Crippen LogP) is 1.89. The number of sulfonamides is 1. The Hall–Kier alpha value is -1.05. The van der Waals surface area contributed by atoms with Crippen molar-refractivity contribution >= 4 is 27.7 Å². The first-order valence-corrected chi connectivity index (χ1v) is 10.5. The summed E-state index contributed by atoms with van der Waals surface area (Å²) < 4.78 is 26.9. The van der Waals surface area contributed by atoms with Gasteiger partial charge in [-0.1, -0.05) is 6.07 Å².